The van der Waals surface area contributed by atoms with E-state index in [9.17, 15) is 9.59 Å². The van der Waals surface area contributed by atoms with Gasteiger partial charge in [0.05, 0.1) is 23.9 Å². The van der Waals surface area contributed by atoms with Gasteiger partial charge in [-0.3, -0.25) is 9.59 Å². The number of nitrogens with two attached hydrogens (primary N) is 1. The molecule has 0 saturated carbocycles. The van der Waals surface area contributed by atoms with Gasteiger partial charge in [-0.05, 0) is 47.7 Å². The van der Waals surface area contributed by atoms with Crippen molar-refractivity contribution in [1.29, 1.82) is 0 Å². The van der Waals surface area contributed by atoms with Crippen molar-refractivity contribution in [2.75, 3.05) is 24.3 Å². The van der Waals surface area contributed by atoms with E-state index in [1.165, 1.54) is 25.3 Å². The van der Waals surface area contributed by atoms with Crippen molar-refractivity contribution in [2.24, 2.45) is 11.1 Å². The van der Waals surface area contributed by atoms with Crippen LogP contribution in [-0.4, -0.2) is 42.5 Å². The fourth-order valence-corrected chi connectivity index (χ4v) is 6.64. The highest BCUT2D eigenvalue weighted by Crippen LogP contribution is 2.56. The van der Waals surface area contributed by atoms with Crippen LogP contribution in [0.3, 0.4) is 0 Å². The number of methoxy groups -OCH3 is 1. The van der Waals surface area contributed by atoms with Gasteiger partial charge in [0, 0.05) is 46.9 Å². The summed E-state index contributed by atoms with van der Waals surface area (Å²) in [6, 6.07) is 10.0. The van der Waals surface area contributed by atoms with Gasteiger partial charge >= 0.3 is 0 Å². The standard InChI is InChI=1S/C30H32Cl2FN5O3/c1-29(2,3)12-22-30(14-36-20-11-23(32)35-13-17(20)30)24(16-6-5-7-18(31)25(16)33)26(38-22)28(40)37-19-9-8-15(27(34)39)10-21(19)41-4/h5-11,13,22,24,26,36,38H,12,14H2,1-4H3,(H2,34,39)(H,37,40)/t22-,24-,26+,30-/m1/s1. The number of aromatic nitrogens is 1. The Bertz CT molecular complexity index is 1530. The smallest absolute Gasteiger partial charge is 0.248 e. The molecule has 2 amide bonds. The second kappa shape index (κ2) is 10.8. The lowest BCUT2D eigenvalue weighted by Gasteiger charge is -2.39. The van der Waals surface area contributed by atoms with E-state index < -0.39 is 35.0 Å². The number of pyridine rings is 1. The Kier molecular flexibility index (Phi) is 7.65. The molecule has 0 radical (unpaired) electrons. The first-order valence-electron chi connectivity index (χ1n) is 13.2. The third kappa shape index (κ3) is 5.22. The van der Waals surface area contributed by atoms with Crippen LogP contribution in [0.4, 0.5) is 15.8 Å². The van der Waals surface area contributed by atoms with Crippen LogP contribution < -0.4 is 26.4 Å². The first-order valence-corrected chi connectivity index (χ1v) is 14.0. The van der Waals surface area contributed by atoms with Crippen LogP contribution in [0.1, 0.15) is 54.6 Å². The van der Waals surface area contributed by atoms with Crippen molar-refractivity contribution in [3.63, 3.8) is 0 Å². The molecule has 1 aromatic heterocycles. The molecule has 5 rings (SSSR count). The van der Waals surface area contributed by atoms with Crippen LogP contribution in [0.15, 0.2) is 48.7 Å². The molecule has 4 atom stereocenters. The Morgan fingerprint density at radius 1 is 1.22 bits per heavy atom. The summed E-state index contributed by atoms with van der Waals surface area (Å²) in [7, 11) is 1.43. The SMILES string of the molecule is COc1cc(C(N)=O)ccc1NC(=O)[C@H]1N[C@H](CC(C)(C)C)[C@]2(CNc3cc(Cl)ncc32)[C@@H]1c1cccc(Cl)c1F. The average molecular weight is 601 g/mol. The molecule has 2 aliphatic rings. The minimum absolute atomic E-state index is 0.0276. The molecule has 2 aliphatic heterocycles. The van der Waals surface area contributed by atoms with Crippen LogP contribution in [0.2, 0.25) is 10.2 Å². The van der Waals surface area contributed by atoms with Crippen molar-refractivity contribution in [3.8, 4) is 5.75 Å². The van der Waals surface area contributed by atoms with Crippen LogP contribution >= 0.6 is 23.2 Å². The van der Waals surface area contributed by atoms with Crippen molar-refractivity contribution in [3.05, 3.63) is 81.3 Å². The predicted molar refractivity (Wildman–Crippen MR) is 158 cm³/mol. The fourth-order valence-electron chi connectivity index (χ4n) is 6.30. The quantitative estimate of drug-likeness (QED) is 0.278. The zero-order chi connectivity index (χ0) is 29.7. The highest BCUT2D eigenvalue weighted by Gasteiger charge is 2.62. The van der Waals surface area contributed by atoms with Gasteiger partial charge in [0.15, 0.2) is 0 Å². The van der Waals surface area contributed by atoms with Gasteiger partial charge in [0.2, 0.25) is 11.8 Å². The third-order valence-electron chi connectivity index (χ3n) is 7.99. The number of ether oxygens (including phenoxy) is 1. The summed E-state index contributed by atoms with van der Waals surface area (Å²) < 4.78 is 21.3. The van der Waals surface area contributed by atoms with Gasteiger partial charge < -0.3 is 26.4 Å². The molecule has 3 aromatic rings. The molecule has 0 aliphatic carbocycles. The number of rotatable bonds is 6. The van der Waals surface area contributed by atoms with E-state index in [4.69, 9.17) is 33.7 Å². The van der Waals surface area contributed by atoms with E-state index in [1.807, 2.05) is 0 Å². The van der Waals surface area contributed by atoms with Crippen LogP contribution in [0.5, 0.6) is 5.75 Å². The Morgan fingerprint density at radius 3 is 2.66 bits per heavy atom. The van der Waals surface area contributed by atoms with Gasteiger partial charge in [-0.15, -0.1) is 0 Å². The Balaban J connectivity index is 1.66. The van der Waals surface area contributed by atoms with Gasteiger partial charge in [0.25, 0.3) is 0 Å². The topological polar surface area (TPSA) is 118 Å². The molecular formula is C30H32Cl2FN5O3. The monoisotopic (exact) mass is 599 g/mol. The number of amides is 2. The molecule has 1 spiro atoms. The summed E-state index contributed by atoms with van der Waals surface area (Å²) in [5.74, 6) is -2.01. The number of hydrogen-bond donors (Lipinski definition) is 4. The maximum atomic E-state index is 15.9. The number of primary amides is 1. The minimum Gasteiger partial charge on any atom is -0.495 e. The summed E-state index contributed by atoms with van der Waals surface area (Å²) >= 11 is 12.5. The number of fused-ring (bicyclic) bond motifs is 2. The van der Waals surface area contributed by atoms with E-state index in [0.717, 1.165) is 11.3 Å². The van der Waals surface area contributed by atoms with Crippen molar-refractivity contribution in [2.45, 2.75) is 50.6 Å². The molecular weight excluding hydrogens is 568 g/mol. The van der Waals surface area contributed by atoms with Gasteiger partial charge in [-0.2, -0.15) is 0 Å². The lowest BCUT2D eigenvalue weighted by Crippen LogP contribution is -2.46. The zero-order valence-electron chi connectivity index (χ0n) is 23.1. The molecule has 5 N–H and O–H groups in total. The summed E-state index contributed by atoms with van der Waals surface area (Å²) in [5.41, 5.74) is 7.07. The summed E-state index contributed by atoms with van der Waals surface area (Å²) in [6.45, 7) is 6.80. The van der Waals surface area contributed by atoms with Crippen molar-refractivity contribution in [1.82, 2.24) is 10.3 Å². The number of carbonyl (C=O) groups excluding carboxylic acids is 2. The van der Waals surface area contributed by atoms with E-state index in [-0.39, 0.29) is 27.8 Å². The van der Waals surface area contributed by atoms with Crippen LogP contribution in [0, 0.1) is 11.2 Å². The average Bonchev–Trinajstić information content (AvgIpc) is 3.43. The summed E-state index contributed by atoms with van der Waals surface area (Å²) in [5, 5.41) is 10.3. The lowest BCUT2D eigenvalue weighted by molar-refractivity contribution is -0.118. The van der Waals surface area contributed by atoms with Crippen LogP contribution in [-0.2, 0) is 10.2 Å². The summed E-state index contributed by atoms with van der Waals surface area (Å²) in [6.07, 6.45) is 2.40. The van der Waals surface area contributed by atoms with E-state index in [1.54, 1.807) is 30.5 Å². The largest absolute Gasteiger partial charge is 0.495 e. The molecule has 3 heterocycles. The fraction of sp³-hybridized carbons (Fsp3) is 0.367. The van der Waals surface area contributed by atoms with E-state index in [2.05, 4.69) is 41.7 Å². The zero-order valence-corrected chi connectivity index (χ0v) is 24.7. The predicted octanol–water partition coefficient (Wildman–Crippen LogP) is 5.50. The maximum absolute atomic E-state index is 15.9. The highest BCUT2D eigenvalue weighted by atomic mass is 35.5. The molecule has 0 unspecified atom stereocenters. The van der Waals surface area contributed by atoms with Gasteiger partial charge in [-0.1, -0.05) is 56.1 Å². The van der Waals surface area contributed by atoms with Crippen LogP contribution in [0.25, 0.3) is 0 Å². The number of nitrogens with zero attached hydrogens (tertiary/aromatic N) is 1. The molecule has 2 aromatic carbocycles. The number of nitrogens with one attached hydrogen (secondary N) is 3. The molecule has 216 valence electrons. The summed E-state index contributed by atoms with van der Waals surface area (Å²) in [4.78, 5) is 30.2. The third-order valence-corrected chi connectivity index (χ3v) is 8.49. The number of anilines is 2. The molecule has 1 fully saturated rings. The van der Waals surface area contributed by atoms with Gasteiger partial charge in [0.1, 0.15) is 16.7 Å². The van der Waals surface area contributed by atoms with E-state index in [0.29, 0.717) is 29.4 Å². The first-order chi connectivity index (χ1) is 19.4. The van der Waals surface area contributed by atoms with Crippen molar-refractivity contribution >= 4 is 46.4 Å². The number of hydrogen-bond acceptors (Lipinski definition) is 6. The van der Waals surface area contributed by atoms with E-state index >= 15 is 4.39 Å². The Morgan fingerprint density at radius 2 is 1.98 bits per heavy atom. The molecule has 11 heteroatoms. The Labute approximate surface area is 248 Å². The molecule has 8 nitrogen and oxygen atoms in total. The highest BCUT2D eigenvalue weighted by molar-refractivity contribution is 6.30. The second-order valence-corrected chi connectivity index (χ2v) is 12.6. The number of halogens is 3. The molecule has 1 saturated heterocycles. The van der Waals surface area contributed by atoms with Crippen molar-refractivity contribution < 1.29 is 18.7 Å². The second-order valence-electron chi connectivity index (χ2n) is 11.8. The maximum Gasteiger partial charge on any atom is 0.248 e. The molecule has 41 heavy (non-hydrogen) atoms. The number of benzene rings is 2. The molecule has 0 bridgehead atoms. The lowest BCUT2D eigenvalue weighted by atomic mass is 9.63. The van der Waals surface area contributed by atoms with Gasteiger partial charge in [-0.25, -0.2) is 9.37 Å². The first kappa shape index (κ1) is 29.1. The number of carbonyl (C=O) groups is 2. The minimum atomic E-state index is -0.876. The normalized spacial score (nSPS) is 23.2. The Hall–Kier alpha value is -3.40.